The monoisotopic (exact) mass is 488 g/mol. The van der Waals surface area contributed by atoms with Crippen LogP contribution in [0.15, 0.2) is 59.1 Å². The summed E-state index contributed by atoms with van der Waals surface area (Å²) in [7, 11) is -3.50. The van der Waals surface area contributed by atoms with E-state index in [0.717, 1.165) is 5.69 Å². The molecule has 1 fully saturated rings. The fraction of sp³-hybridized carbons (Fsp3) is 0.304. The van der Waals surface area contributed by atoms with Gasteiger partial charge in [0.25, 0.3) is 5.91 Å². The van der Waals surface area contributed by atoms with Crippen LogP contribution < -0.4 is 10.2 Å². The number of halogens is 1. The number of para-hydroxylation sites is 1. The van der Waals surface area contributed by atoms with Gasteiger partial charge in [0.2, 0.25) is 10.0 Å². The van der Waals surface area contributed by atoms with Crippen molar-refractivity contribution >= 4 is 33.2 Å². The molecule has 0 saturated carbocycles. The molecule has 2 aromatic carbocycles. The smallest absolute Gasteiger partial charge is 0.257 e. The van der Waals surface area contributed by atoms with E-state index in [4.69, 9.17) is 16.1 Å². The van der Waals surface area contributed by atoms with Gasteiger partial charge in [-0.1, -0.05) is 53.2 Å². The van der Waals surface area contributed by atoms with Crippen molar-refractivity contribution in [3.63, 3.8) is 0 Å². The van der Waals surface area contributed by atoms with Crippen molar-refractivity contribution in [2.45, 2.75) is 6.92 Å². The summed E-state index contributed by atoms with van der Waals surface area (Å²) in [5.41, 5.74) is 2.23. The van der Waals surface area contributed by atoms with Gasteiger partial charge in [-0.05, 0) is 25.1 Å². The van der Waals surface area contributed by atoms with E-state index in [1.54, 1.807) is 31.2 Å². The number of aryl methyl sites for hydroxylation is 1. The van der Waals surface area contributed by atoms with E-state index >= 15 is 0 Å². The fourth-order valence-corrected chi connectivity index (χ4v) is 5.41. The van der Waals surface area contributed by atoms with Crippen LogP contribution in [-0.2, 0) is 10.0 Å². The Hall–Kier alpha value is -2.88. The van der Waals surface area contributed by atoms with Gasteiger partial charge in [-0.2, -0.15) is 4.31 Å². The molecule has 1 aliphatic heterocycles. The zero-order valence-corrected chi connectivity index (χ0v) is 19.8. The van der Waals surface area contributed by atoms with Gasteiger partial charge in [-0.3, -0.25) is 4.79 Å². The molecular weight excluding hydrogens is 464 g/mol. The third kappa shape index (κ3) is 5.21. The van der Waals surface area contributed by atoms with E-state index in [1.807, 2.05) is 30.3 Å². The summed E-state index contributed by atoms with van der Waals surface area (Å²) >= 11 is 6.24. The van der Waals surface area contributed by atoms with Gasteiger partial charge in [0, 0.05) is 44.0 Å². The molecular formula is C23H25ClN4O4S. The second-order valence-corrected chi connectivity index (χ2v) is 10.2. The number of carbonyl (C=O) groups is 1. The summed E-state index contributed by atoms with van der Waals surface area (Å²) < 4.78 is 32.3. The van der Waals surface area contributed by atoms with Crippen molar-refractivity contribution in [1.29, 1.82) is 0 Å². The molecule has 4 rings (SSSR count). The number of nitrogens with zero attached hydrogens (tertiary/aromatic N) is 3. The Morgan fingerprint density at radius 3 is 2.42 bits per heavy atom. The number of aromatic nitrogens is 1. The average molecular weight is 489 g/mol. The maximum Gasteiger partial charge on any atom is 0.257 e. The molecule has 0 radical (unpaired) electrons. The van der Waals surface area contributed by atoms with Crippen molar-refractivity contribution in [3.8, 4) is 11.3 Å². The Balaban J connectivity index is 1.35. The van der Waals surface area contributed by atoms with Crippen LogP contribution in [0.25, 0.3) is 11.3 Å². The number of benzene rings is 2. The topological polar surface area (TPSA) is 95.8 Å². The van der Waals surface area contributed by atoms with Crippen LogP contribution in [0.5, 0.6) is 0 Å². The lowest BCUT2D eigenvalue weighted by Gasteiger charge is -2.35. The summed E-state index contributed by atoms with van der Waals surface area (Å²) in [5, 5.41) is 7.11. The Bertz CT molecular complexity index is 1220. The summed E-state index contributed by atoms with van der Waals surface area (Å²) in [6.45, 7) is 3.67. The molecule has 10 heteroatoms. The summed E-state index contributed by atoms with van der Waals surface area (Å²) in [6, 6.07) is 16.9. The first-order valence-electron chi connectivity index (χ1n) is 10.6. The number of sulfonamides is 1. The van der Waals surface area contributed by atoms with Gasteiger partial charge < -0.3 is 14.7 Å². The van der Waals surface area contributed by atoms with Crippen LogP contribution in [0.4, 0.5) is 5.69 Å². The van der Waals surface area contributed by atoms with Crippen LogP contribution in [0, 0.1) is 6.92 Å². The van der Waals surface area contributed by atoms with E-state index in [2.05, 4.69) is 15.4 Å². The zero-order valence-electron chi connectivity index (χ0n) is 18.2. The first kappa shape index (κ1) is 23.3. The third-order valence-electron chi connectivity index (χ3n) is 5.62. The standard InChI is InChI=1S/C23H25ClN4O4S/c1-17-21(22(26-32-17)19-9-5-6-10-20(19)24)23(29)25-11-16-33(30,31)28-14-12-27(13-15-28)18-7-3-2-4-8-18/h2-10H,11-16H2,1H3,(H,25,29). The molecule has 33 heavy (non-hydrogen) atoms. The number of rotatable bonds is 7. The molecule has 0 spiro atoms. The lowest BCUT2D eigenvalue weighted by molar-refractivity contribution is 0.0955. The highest BCUT2D eigenvalue weighted by Gasteiger charge is 2.28. The third-order valence-corrected chi connectivity index (χ3v) is 7.82. The zero-order chi connectivity index (χ0) is 23.4. The molecule has 8 nitrogen and oxygen atoms in total. The molecule has 1 saturated heterocycles. The predicted octanol–water partition coefficient (Wildman–Crippen LogP) is 3.19. The van der Waals surface area contributed by atoms with Gasteiger partial charge in [0.1, 0.15) is 17.0 Å². The maximum absolute atomic E-state index is 12.8. The van der Waals surface area contributed by atoms with Crippen molar-refractivity contribution in [3.05, 3.63) is 70.9 Å². The Kier molecular flexibility index (Phi) is 7.02. The summed E-state index contributed by atoms with van der Waals surface area (Å²) in [4.78, 5) is 15.0. The highest BCUT2D eigenvalue weighted by molar-refractivity contribution is 7.89. The second kappa shape index (κ2) is 9.94. The minimum Gasteiger partial charge on any atom is -0.369 e. The minimum atomic E-state index is -3.50. The van der Waals surface area contributed by atoms with E-state index < -0.39 is 15.9 Å². The minimum absolute atomic E-state index is 0.0212. The summed E-state index contributed by atoms with van der Waals surface area (Å²) in [6.07, 6.45) is 0. The number of hydrogen-bond acceptors (Lipinski definition) is 6. The highest BCUT2D eigenvalue weighted by atomic mass is 35.5. The fourth-order valence-electron chi connectivity index (χ4n) is 3.85. The van der Waals surface area contributed by atoms with Crippen molar-refractivity contribution in [2.75, 3.05) is 43.4 Å². The Morgan fingerprint density at radius 1 is 1.06 bits per heavy atom. The van der Waals surface area contributed by atoms with Crippen molar-refractivity contribution < 1.29 is 17.7 Å². The molecule has 1 aromatic heterocycles. The number of piperazine rings is 1. The molecule has 0 aliphatic carbocycles. The molecule has 174 valence electrons. The van der Waals surface area contributed by atoms with Gasteiger partial charge in [0.15, 0.2) is 0 Å². The van der Waals surface area contributed by atoms with Crippen molar-refractivity contribution in [1.82, 2.24) is 14.8 Å². The molecule has 0 atom stereocenters. The SMILES string of the molecule is Cc1onc(-c2ccccc2Cl)c1C(=O)NCCS(=O)(=O)N1CCN(c2ccccc2)CC1. The van der Waals surface area contributed by atoms with E-state index in [0.29, 0.717) is 48.2 Å². The highest BCUT2D eigenvalue weighted by Crippen LogP contribution is 2.30. The summed E-state index contributed by atoms with van der Waals surface area (Å²) in [5.74, 6) is -0.300. The van der Waals surface area contributed by atoms with Gasteiger partial charge >= 0.3 is 0 Å². The first-order valence-corrected chi connectivity index (χ1v) is 12.6. The predicted molar refractivity (Wildman–Crippen MR) is 128 cm³/mol. The number of hydrogen-bond donors (Lipinski definition) is 1. The number of carbonyl (C=O) groups excluding carboxylic acids is 1. The van der Waals surface area contributed by atoms with Crippen LogP contribution in [0.1, 0.15) is 16.1 Å². The largest absolute Gasteiger partial charge is 0.369 e. The van der Waals surface area contributed by atoms with Gasteiger partial charge in [-0.25, -0.2) is 8.42 Å². The molecule has 1 aliphatic rings. The lowest BCUT2D eigenvalue weighted by atomic mass is 10.1. The number of nitrogens with one attached hydrogen (secondary N) is 1. The van der Waals surface area contributed by atoms with Crippen LogP contribution >= 0.6 is 11.6 Å². The number of amides is 1. The number of anilines is 1. The van der Waals surface area contributed by atoms with E-state index in [9.17, 15) is 13.2 Å². The average Bonchev–Trinajstić information content (AvgIpc) is 3.21. The maximum atomic E-state index is 12.8. The Labute approximate surface area is 198 Å². The molecule has 1 amide bonds. The van der Waals surface area contributed by atoms with Crippen LogP contribution in [0.2, 0.25) is 5.02 Å². The molecule has 0 bridgehead atoms. The van der Waals surface area contributed by atoms with Crippen molar-refractivity contribution in [2.24, 2.45) is 0 Å². The molecule has 3 aromatic rings. The van der Waals surface area contributed by atoms with Crippen LogP contribution in [-0.4, -0.2) is 62.3 Å². The van der Waals surface area contributed by atoms with Crippen LogP contribution in [0.3, 0.4) is 0 Å². The second-order valence-electron chi connectivity index (χ2n) is 7.74. The lowest BCUT2D eigenvalue weighted by Crippen LogP contribution is -2.50. The molecule has 2 heterocycles. The van der Waals surface area contributed by atoms with E-state index in [1.165, 1.54) is 4.31 Å². The van der Waals surface area contributed by atoms with Gasteiger partial charge in [0.05, 0.1) is 10.8 Å². The van der Waals surface area contributed by atoms with Gasteiger partial charge in [-0.15, -0.1) is 0 Å². The van der Waals surface area contributed by atoms with E-state index in [-0.39, 0.29) is 17.9 Å². The molecule has 1 N–H and O–H groups in total. The normalized spacial score (nSPS) is 14.9. The Morgan fingerprint density at radius 2 is 1.73 bits per heavy atom. The first-order chi connectivity index (χ1) is 15.9. The molecule has 0 unspecified atom stereocenters. The quantitative estimate of drug-likeness (QED) is 0.548.